The number of fused-ring (bicyclic) bond motifs is 1. The lowest BCUT2D eigenvalue weighted by Crippen LogP contribution is -2.51. The first-order valence-electron chi connectivity index (χ1n) is 13.9. The second kappa shape index (κ2) is 11.5. The van der Waals surface area contributed by atoms with Crippen LogP contribution in [0.15, 0.2) is 59.2 Å². The van der Waals surface area contributed by atoms with Crippen molar-refractivity contribution >= 4 is 23.7 Å². The maximum Gasteiger partial charge on any atom is 0.244 e. The lowest BCUT2D eigenvalue weighted by Gasteiger charge is -2.31. The summed E-state index contributed by atoms with van der Waals surface area (Å²) in [5, 5.41) is 13.2. The van der Waals surface area contributed by atoms with Crippen LogP contribution in [0.4, 0.5) is 5.69 Å². The zero-order valence-electron chi connectivity index (χ0n) is 22.4. The Kier molecular flexibility index (Phi) is 7.66. The standard InChI is InChI=1S/C30H35N5O5/c31-12-19(13-32-23-3-1-20(2-4-23)22-17-39-18-22)14-34-10-9-25(16-34)40-24-5-6-26-21(11-24)15-35(30(26)38)27-7-8-28(36)33-29(27)37/h1-6,11-13,22,25,27,30,38H,7-10,14-18,31H2,(H,33,36,37)/b19-12+,32-13?/t25-,27?,30?/m0/s1. The highest BCUT2D eigenvalue weighted by Crippen LogP contribution is 2.37. The molecule has 40 heavy (non-hydrogen) atoms. The lowest BCUT2D eigenvalue weighted by atomic mass is 9.98. The number of aliphatic imine (C=N–C) groups is 1. The third-order valence-corrected chi connectivity index (χ3v) is 8.20. The number of imide groups is 1. The van der Waals surface area contributed by atoms with Crippen molar-refractivity contribution in [2.45, 2.75) is 50.1 Å². The molecule has 4 N–H and O–H groups in total. The third kappa shape index (κ3) is 5.66. The van der Waals surface area contributed by atoms with Gasteiger partial charge < -0.3 is 20.3 Å². The summed E-state index contributed by atoms with van der Waals surface area (Å²) in [6.45, 7) is 4.36. The van der Waals surface area contributed by atoms with E-state index in [1.165, 1.54) is 5.56 Å². The lowest BCUT2D eigenvalue weighted by molar-refractivity contribution is -0.141. The molecule has 3 saturated heterocycles. The number of nitrogens with one attached hydrogen (secondary N) is 1. The first kappa shape index (κ1) is 26.6. The minimum absolute atomic E-state index is 0.0367. The fraction of sp³-hybridized carbons (Fsp3) is 0.433. The largest absolute Gasteiger partial charge is 0.489 e. The van der Waals surface area contributed by atoms with Gasteiger partial charge in [-0.25, -0.2) is 0 Å². The number of ether oxygens (including phenoxy) is 2. The van der Waals surface area contributed by atoms with E-state index >= 15 is 0 Å². The normalized spacial score (nSPS) is 26.2. The zero-order valence-corrected chi connectivity index (χ0v) is 22.4. The molecule has 6 rings (SSSR count). The number of carbonyl (C=O) groups is 2. The molecule has 0 spiro atoms. The van der Waals surface area contributed by atoms with Crippen molar-refractivity contribution in [3.63, 3.8) is 0 Å². The molecule has 4 aliphatic rings. The Morgan fingerprint density at radius 1 is 1.18 bits per heavy atom. The molecule has 10 nitrogen and oxygen atoms in total. The van der Waals surface area contributed by atoms with Crippen molar-refractivity contribution in [2.24, 2.45) is 10.7 Å². The quantitative estimate of drug-likeness (QED) is 0.340. The molecule has 2 aromatic rings. The summed E-state index contributed by atoms with van der Waals surface area (Å²) >= 11 is 0. The number of hydrogen-bond acceptors (Lipinski definition) is 9. The number of nitrogens with two attached hydrogens (primary N) is 1. The second-order valence-electron chi connectivity index (χ2n) is 11.0. The van der Waals surface area contributed by atoms with E-state index in [1.54, 1.807) is 11.1 Å². The van der Waals surface area contributed by atoms with Crippen molar-refractivity contribution in [2.75, 3.05) is 32.8 Å². The van der Waals surface area contributed by atoms with Crippen LogP contribution in [0.1, 0.15) is 48.1 Å². The molecule has 2 aromatic carbocycles. The number of nitrogens with zero attached hydrogens (tertiary/aromatic N) is 3. The summed E-state index contributed by atoms with van der Waals surface area (Å²) in [5.41, 5.74) is 10.7. The van der Waals surface area contributed by atoms with E-state index in [0.29, 0.717) is 25.4 Å². The van der Waals surface area contributed by atoms with Crippen LogP contribution in [-0.2, 0) is 20.9 Å². The number of hydrogen-bond donors (Lipinski definition) is 3. The van der Waals surface area contributed by atoms with Crippen LogP contribution in [0, 0.1) is 0 Å². The Labute approximate surface area is 233 Å². The molecule has 3 atom stereocenters. The van der Waals surface area contributed by atoms with E-state index in [-0.39, 0.29) is 24.3 Å². The molecule has 4 heterocycles. The Morgan fingerprint density at radius 3 is 2.73 bits per heavy atom. The number of piperidine rings is 1. The monoisotopic (exact) mass is 545 g/mol. The summed E-state index contributed by atoms with van der Waals surface area (Å²) in [7, 11) is 0. The van der Waals surface area contributed by atoms with Gasteiger partial charge in [0.25, 0.3) is 0 Å². The maximum absolute atomic E-state index is 12.3. The zero-order chi connectivity index (χ0) is 27.6. The van der Waals surface area contributed by atoms with E-state index in [4.69, 9.17) is 15.2 Å². The number of aliphatic hydroxyl groups excluding tert-OH is 1. The second-order valence-corrected chi connectivity index (χ2v) is 11.0. The summed E-state index contributed by atoms with van der Waals surface area (Å²) < 4.78 is 11.6. The predicted octanol–water partition coefficient (Wildman–Crippen LogP) is 2.11. The molecule has 0 saturated carbocycles. The van der Waals surface area contributed by atoms with Gasteiger partial charge >= 0.3 is 0 Å². The summed E-state index contributed by atoms with van der Waals surface area (Å²) in [5.74, 6) is 0.633. The van der Waals surface area contributed by atoms with Gasteiger partial charge in [-0.2, -0.15) is 0 Å². The van der Waals surface area contributed by atoms with Crippen LogP contribution in [0.3, 0.4) is 0 Å². The highest BCUT2D eigenvalue weighted by Gasteiger charge is 2.40. The maximum atomic E-state index is 12.3. The fourth-order valence-corrected chi connectivity index (χ4v) is 5.83. The number of carbonyl (C=O) groups excluding carboxylic acids is 2. The molecule has 210 valence electrons. The van der Waals surface area contributed by atoms with Crippen LogP contribution in [0.25, 0.3) is 0 Å². The van der Waals surface area contributed by atoms with Crippen LogP contribution >= 0.6 is 0 Å². The van der Waals surface area contributed by atoms with E-state index < -0.39 is 12.3 Å². The number of rotatable bonds is 8. The molecular weight excluding hydrogens is 510 g/mol. The van der Waals surface area contributed by atoms with E-state index in [2.05, 4.69) is 27.3 Å². The number of benzene rings is 2. The topological polar surface area (TPSA) is 130 Å². The first-order chi connectivity index (χ1) is 19.5. The SMILES string of the molecule is N/C=C(\C=Nc1ccc(C2COC2)cc1)CN1CC[C@H](Oc2ccc3c(c2)CN(C2CCC(=O)NC2=O)C3O)C1. The highest BCUT2D eigenvalue weighted by molar-refractivity contribution is 6.00. The van der Waals surface area contributed by atoms with Crippen LogP contribution in [0.5, 0.6) is 5.75 Å². The number of amides is 2. The summed E-state index contributed by atoms with van der Waals surface area (Å²) in [4.78, 5) is 32.5. The molecule has 4 aliphatic heterocycles. The van der Waals surface area contributed by atoms with Gasteiger partial charge in [0.1, 0.15) is 18.1 Å². The number of aliphatic hydroxyl groups is 1. The van der Waals surface area contributed by atoms with Crippen molar-refractivity contribution in [3.05, 3.63) is 70.9 Å². The van der Waals surface area contributed by atoms with Gasteiger partial charge in [-0.1, -0.05) is 18.2 Å². The highest BCUT2D eigenvalue weighted by atomic mass is 16.5. The minimum Gasteiger partial charge on any atom is -0.489 e. The van der Waals surface area contributed by atoms with Gasteiger partial charge in [-0.05, 0) is 60.0 Å². The average Bonchev–Trinajstić information content (AvgIpc) is 3.49. The first-order valence-corrected chi connectivity index (χ1v) is 13.9. The van der Waals surface area contributed by atoms with Crippen LogP contribution < -0.4 is 15.8 Å². The van der Waals surface area contributed by atoms with Crippen molar-refractivity contribution in [1.82, 2.24) is 15.1 Å². The Bertz CT molecular complexity index is 1320. The predicted molar refractivity (Wildman–Crippen MR) is 149 cm³/mol. The van der Waals surface area contributed by atoms with Gasteiger partial charge in [0, 0.05) is 50.3 Å². The summed E-state index contributed by atoms with van der Waals surface area (Å²) in [6, 6.07) is 13.4. The molecule has 3 fully saturated rings. The van der Waals surface area contributed by atoms with Crippen molar-refractivity contribution in [1.29, 1.82) is 0 Å². The molecule has 0 bridgehead atoms. The van der Waals surface area contributed by atoms with Gasteiger partial charge in [-0.3, -0.25) is 29.7 Å². The molecule has 0 radical (unpaired) electrons. The third-order valence-electron chi connectivity index (χ3n) is 8.20. The molecule has 10 heteroatoms. The van der Waals surface area contributed by atoms with Crippen molar-refractivity contribution < 1.29 is 24.2 Å². The van der Waals surface area contributed by atoms with E-state index in [0.717, 1.165) is 60.9 Å². The Balaban J connectivity index is 1.01. The molecular formula is C30H35N5O5. The van der Waals surface area contributed by atoms with Gasteiger partial charge in [-0.15, -0.1) is 0 Å². The number of likely N-dealkylation sites (tertiary alicyclic amines) is 1. The van der Waals surface area contributed by atoms with Crippen molar-refractivity contribution in [3.8, 4) is 5.75 Å². The fourth-order valence-electron chi connectivity index (χ4n) is 5.83. The molecule has 2 amide bonds. The molecule has 0 aliphatic carbocycles. The van der Waals surface area contributed by atoms with Crippen LogP contribution in [-0.4, -0.2) is 77.9 Å². The van der Waals surface area contributed by atoms with Gasteiger partial charge in [0.2, 0.25) is 11.8 Å². The van der Waals surface area contributed by atoms with Gasteiger partial charge in [0.15, 0.2) is 0 Å². The van der Waals surface area contributed by atoms with Gasteiger partial charge in [0.05, 0.1) is 24.9 Å². The smallest absolute Gasteiger partial charge is 0.244 e. The molecule has 0 aromatic heterocycles. The molecule has 2 unspecified atom stereocenters. The minimum atomic E-state index is -0.881. The van der Waals surface area contributed by atoms with Crippen LogP contribution in [0.2, 0.25) is 0 Å². The average molecular weight is 546 g/mol. The summed E-state index contributed by atoms with van der Waals surface area (Å²) in [6.07, 6.45) is 4.17. The Morgan fingerprint density at radius 2 is 2.00 bits per heavy atom. The van der Waals surface area contributed by atoms with E-state index in [9.17, 15) is 14.7 Å². The van der Waals surface area contributed by atoms with E-state index in [1.807, 2.05) is 36.5 Å². The Hall–Kier alpha value is -3.57.